The molecule has 0 aliphatic heterocycles. The van der Waals surface area contributed by atoms with Crippen molar-refractivity contribution in [3.05, 3.63) is 0 Å². The van der Waals surface area contributed by atoms with Crippen molar-refractivity contribution in [1.82, 2.24) is 4.72 Å². The van der Waals surface area contributed by atoms with E-state index in [1.807, 2.05) is 0 Å². The van der Waals surface area contributed by atoms with Gasteiger partial charge in [0.25, 0.3) is 0 Å². The van der Waals surface area contributed by atoms with E-state index >= 15 is 0 Å². The molecule has 0 aromatic carbocycles. The Morgan fingerprint density at radius 2 is 1.60 bits per heavy atom. The first-order chi connectivity index (χ1) is 6.48. The van der Waals surface area contributed by atoms with E-state index in [-0.39, 0.29) is 9.24 Å². The fourth-order valence-electron chi connectivity index (χ4n) is 0.509. The molecule has 0 aromatic rings. The van der Waals surface area contributed by atoms with Gasteiger partial charge in [-0.05, 0) is 0 Å². The van der Waals surface area contributed by atoms with Gasteiger partial charge in [0, 0.05) is 6.26 Å². The molecule has 0 spiro atoms. The maximum atomic E-state index is 12.6. The number of hydrogen-bond donors (Lipinski definition) is 1. The lowest BCUT2D eigenvalue weighted by Crippen LogP contribution is -2.57. The molecule has 0 saturated carbocycles. The summed E-state index contributed by atoms with van der Waals surface area (Å²) in [6.45, 7) is 0. The summed E-state index contributed by atoms with van der Waals surface area (Å²) in [5.74, 6) is -13.7. The van der Waals surface area contributed by atoms with E-state index in [9.17, 15) is 31.1 Å². The van der Waals surface area contributed by atoms with Crippen LogP contribution < -0.4 is 4.72 Å². The SMILES string of the molecule is CSNC(=O)C(F)(F)C(F)(F)C(F)(F)P. The molecule has 0 aromatic heterocycles. The van der Waals surface area contributed by atoms with Crippen LogP contribution >= 0.6 is 21.2 Å². The first-order valence-electron chi connectivity index (χ1n) is 3.24. The topological polar surface area (TPSA) is 29.1 Å². The van der Waals surface area contributed by atoms with Gasteiger partial charge >= 0.3 is 23.4 Å². The second-order valence-corrected chi connectivity index (χ2v) is 3.74. The first-order valence-corrected chi connectivity index (χ1v) is 5.04. The Morgan fingerprint density at radius 1 is 1.20 bits per heavy atom. The largest absolute Gasteiger partial charge is 0.393 e. The molecule has 1 amide bonds. The van der Waals surface area contributed by atoms with Gasteiger partial charge in [0.05, 0.1) is 0 Å². The van der Waals surface area contributed by atoms with Crippen molar-refractivity contribution < 1.29 is 31.1 Å². The van der Waals surface area contributed by atoms with Crippen LogP contribution in [0, 0.1) is 0 Å². The average Bonchev–Trinajstić information content (AvgIpc) is 2.02. The minimum Gasteiger partial charge on any atom is -0.295 e. The quantitative estimate of drug-likeness (QED) is 0.483. The fourth-order valence-corrected chi connectivity index (χ4v) is 1.00. The third kappa shape index (κ3) is 2.69. The Morgan fingerprint density at radius 3 is 1.87 bits per heavy atom. The van der Waals surface area contributed by atoms with Crippen LogP contribution in [0.15, 0.2) is 0 Å². The highest BCUT2D eigenvalue weighted by molar-refractivity contribution is 7.97. The molecule has 0 radical (unpaired) electrons. The van der Waals surface area contributed by atoms with Crippen molar-refractivity contribution in [3.63, 3.8) is 0 Å². The smallest absolute Gasteiger partial charge is 0.295 e. The van der Waals surface area contributed by atoms with Gasteiger partial charge in [0.15, 0.2) is 0 Å². The van der Waals surface area contributed by atoms with Crippen molar-refractivity contribution in [1.29, 1.82) is 0 Å². The van der Waals surface area contributed by atoms with E-state index in [4.69, 9.17) is 0 Å². The maximum Gasteiger partial charge on any atom is 0.393 e. The second kappa shape index (κ2) is 4.37. The summed E-state index contributed by atoms with van der Waals surface area (Å²) in [4.78, 5) is 10.5. The summed E-state index contributed by atoms with van der Waals surface area (Å²) in [5, 5.41) is 0. The molecule has 0 saturated heterocycles. The highest BCUT2D eigenvalue weighted by Gasteiger charge is 2.73. The van der Waals surface area contributed by atoms with E-state index in [1.165, 1.54) is 4.72 Å². The van der Waals surface area contributed by atoms with Crippen molar-refractivity contribution in [3.8, 4) is 0 Å². The molecule has 1 unspecified atom stereocenters. The molecule has 2 nitrogen and oxygen atoms in total. The number of hydrogen-bond acceptors (Lipinski definition) is 2. The highest BCUT2D eigenvalue weighted by atomic mass is 32.2. The molecule has 90 valence electrons. The zero-order valence-corrected chi connectivity index (χ0v) is 9.13. The Hall–Kier alpha value is -0.170. The normalized spacial score (nSPS) is 13.9. The van der Waals surface area contributed by atoms with Crippen molar-refractivity contribution in [2.75, 3.05) is 6.26 Å². The van der Waals surface area contributed by atoms with Gasteiger partial charge in [-0.25, -0.2) is 0 Å². The van der Waals surface area contributed by atoms with Gasteiger partial charge in [-0.2, -0.15) is 26.3 Å². The number of amides is 1. The summed E-state index contributed by atoms with van der Waals surface area (Å²) in [6.07, 6.45) is 1.10. The standard InChI is InChI=1S/C5H6F6NOPS/c1-15-12-2(13)3(6,7)4(8,9)5(10,11)14/h14H2,1H3,(H,12,13). The lowest BCUT2D eigenvalue weighted by Gasteiger charge is -2.29. The monoisotopic (exact) mass is 273 g/mol. The van der Waals surface area contributed by atoms with Gasteiger partial charge in [0.2, 0.25) is 0 Å². The predicted molar refractivity (Wildman–Crippen MR) is 46.2 cm³/mol. The lowest BCUT2D eigenvalue weighted by molar-refractivity contribution is -0.265. The van der Waals surface area contributed by atoms with Gasteiger partial charge in [-0.1, -0.05) is 21.2 Å². The zero-order chi connectivity index (χ0) is 12.5. The van der Waals surface area contributed by atoms with Gasteiger partial charge in [-0.3, -0.25) is 9.52 Å². The van der Waals surface area contributed by atoms with E-state index in [1.54, 1.807) is 0 Å². The summed E-state index contributed by atoms with van der Waals surface area (Å²) < 4.78 is 75.8. The minimum atomic E-state index is -5.77. The van der Waals surface area contributed by atoms with Crippen LogP contribution in [-0.4, -0.2) is 29.7 Å². The third-order valence-electron chi connectivity index (χ3n) is 1.29. The van der Waals surface area contributed by atoms with Crippen LogP contribution in [0.5, 0.6) is 0 Å². The molecular weight excluding hydrogens is 267 g/mol. The van der Waals surface area contributed by atoms with Crippen LogP contribution in [0.1, 0.15) is 0 Å². The molecule has 1 atom stereocenters. The summed E-state index contributed by atoms with van der Waals surface area (Å²) in [7, 11) is 0.279. The lowest BCUT2D eigenvalue weighted by atomic mass is 10.1. The molecule has 0 fully saturated rings. The highest BCUT2D eigenvalue weighted by Crippen LogP contribution is 2.49. The van der Waals surface area contributed by atoms with Crippen molar-refractivity contribution in [2.24, 2.45) is 0 Å². The van der Waals surface area contributed by atoms with Crippen LogP contribution in [0.3, 0.4) is 0 Å². The number of halogens is 6. The Balaban J connectivity index is 5.10. The van der Waals surface area contributed by atoms with E-state index in [0.717, 1.165) is 6.26 Å². The van der Waals surface area contributed by atoms with Crippen LogP contribution in [0.2, 0.25) is 0 Å². The first kappa shape index (κ1) is 14.8. The number of rotatable bonds is 4. The molecular formula is C5H6F6NOPS. The molecule has 15 heavy (non-hydrogen) atoms. The fraction of sp³-hybridized carbons (Fsp3) is 0.800. The van der Waals surface area contributed by atoms with E-state index in [2.05, 4.69) is 0 Å². The molecule has 0 aliphatic rings. The molecule has 0 heterocycles. The van der Waals surface area contributed by atoms with Gasteiger partial charge < -0.3 is 0 Å². The zero-order valence-electron chi connectivity index (χ0n) is 7.16. The number of carbonyl (C=O) groups is 1. The second-order valence-electron chi connectivity index (χ2n) is 2.41. The van der Waals surface area contributed by atoms with Crippen LogP contribution in [0.25, 0.3) is 0 Å². The van der Waals surface area contributed by atoms with E-state index in [0.29, 0.717) is 11.9 Å². The molecule has 0 bridgehead atoms. The summed E-state index contributed by atoms with van der Waals surface area (Å²) in [6, 6.07) is 0. The number of alkyl halides is 6. The van der Waals surface area contributed by atoms with Crippen LogP contribution in [0.4, 0.5) is 26.3 Å². The molecule has 0 aliphatic carbocycles. The molecule has 10 heteroatoms. The maximum absolute atomic E-state index is 12.6. The van der Waals surface area contributed by atoms with Crippen molar-refractivity contribution >= 4 is 27.1 Å². The Kier molecular flexibility index (Phi) is 4.32. The van der Waals surface area contributed by atoms with Gasteiger partial charge in [0.1, 0.15) is 0 Å². The van der Waals surface area contributed by atoms with E-state index < -0.39 is 23.4 Å². The van der Waals surface area contributed by atoms with Crippen molar-refractivity contribution in [2.45, 2.75) is 17.5 Å². The van der Waals surface area contributed by atoms with Gasteiger partial charge in [-0.15, -0.1) is 0 Å². The number of nitrogens with one attached hydrogen (secondary N) is 1. The minimum absolute atomic E-state index is 0.279. The third-order valence-corrected chi connectivity index (χ3v) is 2.04. The Labute approximate surface area is 87.5 Å². The summed E-state index contributed by atoms with van der Waals surface area (Å²) >= 11 is 0.299. The molecule has 1 N–H and O–H groups in total. The molecule has 0 rings (SSSR count). The predicted octanol–water partition coefficient (Wildman–Crippen LogP) is 2.12. The number of carbonyl (C=O) groups excluding carboxylic acids is 1. The Bertz CT molecular complexity index is 254. The van der Waals surface area contributed by atoms with Crippen LogP contribution in [-0.2, 0) is 4.79 Å². The summed E-state index contributed by atoms with van der Waals surface area (Å²) in [5.41, 5.74) is -5.08. The average molecular weight is 273 g/mol.